The SMILES string of the molecule is CC(COC1CC2c3ccccc3C1c1ccccc12)CN1CCN(C)CC1. The van der Waals surface area contributed by atoms with Gasteiger partial charge in [-0.1, -0.05) is 55.5 Å². The summed E-state index contributed by atoms with van der Waals surface area (Å²) in [6, 6.07) is 18.1. The molecule has 4 aliphatic rings. The van der Waals surface area contributed by atoms with Crippen LogP contribution in [0.3, 0.4) is 0 Å². The molecular formula is C25H32N2O. The molecule has 0 saturated carbocycles. The van der Waals surface area contributed by atoms with Crippen LogP contribution in [0, 0.1) is 5.92 Å². The van der Waals surface area contributed by atoms with Crippen LogP contribution in [0.4, 0.5) is 0 Å². The van der Waals surface area contributed by atoms with Gasteiger partial charge in [-0.25, -0.2) is 0 Å². The summed E-state index contributed by atoms with van der Waals surface area (Å²) in [6.45, 7) is 9.13. The van der Waals surface area contributed by atoms with E-state index >= 15 is 0 Å². The Morgan fingerprint density at radius 2 is 1.46 bits per heavy atom. The fourth-order valence-corrected chi connectivity index (χ4v) is 5.56. The first-order valence-corrected chi connectivity index (χ1v) is 10.9. The standard InChI is InChI=1S/C25H32N2O/c1-18(16-27-13-11-26(2)12-14-27)17-28-24-15-23-19-7-3-5-9-21(19)25(24)22-10-6-4-8-20(22)23/h3-10,18,23-25H,11-17H2,1-2H3. The van der Waals surface area contributed by atoms with Crippen molar-refractivity contribution >= 4 is 0 Å². The molecule has 1 aliphatic heterocycles. The molecule has 1 saturated heterocycles. The molecule has 148 valence electrons. The van der Waals surface area contributed by atoms with E-state index in [1.807, 2.05) is 0 Å². The van der Waals surface area contributed by atoms with E-state index in [0.717, 1.165) is 19.6 Å². The molecule has 2 atom stereocenters. The highest BCUT2D eigenvalue weighted by molar-refractivity contribution is 5.56. The van der Waals surface area contributed by atoms with Gasteiger partial charge >= 0.3 is 0 Å². The maximum absolute atomic E-state index is 6.62. The van der Waals surface area contributed by atoms with Crippen molar-refractivity contribution in [2.24, 2.45) is 5.92 Å². The summed E-state index contributed by atoms with van der Waals surface area (Å²) in [5, 5.41) is 0. The topological polar surface area (TPSA) is 15.7 Å². The summed E-state index contributed by atoms with van der Waals surface area (Å²) in [7, 11) is 2.22. The van der Waals surface area contributed by atoms with Gasteiger partial charge in [0.1, 0.15) is 0 Å². The molecule has 0 radical (unpaired) electrons. The van der Waals surface area contributed by atoms with Crippen molar-refractivity contribution in [2.75, 3.05) is 46.4 Å². The Morgan fingerprint density at radius 3 is 2.07 bits per heavy atom. The van der Waals surface area contributed by atoms with Crippen molar-refractivity contribution in [3.63, 3.8) is 0 Å². The van der Waals surface area contributed by atoms with Crippen molar-refractivity contribution in [3.8, 4) is 0 Å². The molecule has 1 heterocycles. The van der Waals surface area contributed by atoms with Gasteiger partial charge in [-0.2, -0.15) is 0 Å². The Bertz CT molecular complexity index is 779. The first-order chi connectivity index (χ1) is 13.7. The average molecular weight is 377 g/mol. The number of rotatable bonds is 5. The van der Waals surface area contributed by atoms with Gasteiger partial charge in [-0.3, -0.25) is 0 Å². The van der Waals surface area contributed by atoms with E-state index in [2.05, 4.69) is 72.3 Å². The fraction of sp³-hybridized carbons (Fsp3) is 0.520. The smallest absolute Gasteiger partial charge is 0.0693 e. The first kappa shape index (κ1) is 18.4. The average Bonchev–Trinajstić information content (AvgIpc) is 2.74. The number of benzene rings is 2. The van der Waals surface area contributed by atoms with Crippen LogP contribution in [0.25, 0.3) is 0 Å². The molecule has 0 amide bonds. The second kappa shape index (κ2) is 7.62. The Labute approximate surface area is 169 Å². The number of likely N-dealkylation sites (N-methyl/N-ethyl adjacent to an activating group) is 1. The Hall–Kier alpha value is -1.68. The Kier molecular flexibility index (Phi) is 5.00. The van der Waals surface area contributed by atoms with Crippen molar-refractivity contribution in [2.45, 2.75) is 31.3 Å². The molecule has 3 aliphatic carbocycles. The normalized spacial score (nSPS) is 28.0. The highest BCUT2D eigenvalue weighted by Crippen LogP contribution is 2.53. The largest absolute Gasteiger partial charge is 0.377 e. The van der Waals surface area contributed by atoms with E-state index in [1.165, 1.54) is 48.4 Å². The summed E-state index contributed by atoms with van der Waals surface area (Å²) in [4.78, 5) is 5.02. The third-order valence-corrected chi connectivity index (χ3v) is 7.01. The summed E-state index contributed by atoms with van der Waals surface area (Å²) < 4.78 is 6.62. The zero-order valence-corrected chi connectivity index (χ0v) is 17.2. The number of fused-ring (bicyclic) bond motifs is 1. The minimum absolute atomic E-state index is 0.310. The van der Waals surface area contributed by atoms with Crippen LogP contribution in [-0.2, 0) is 4.74 Å². The molecule has 28 heavy (non-hydrogen) atoms. The molecule has 2 bridgehead atoms. The highest BCUT2D eigenvalue weighted by atomic mass is 16.5. The molecule has 0 aromatic heterocycles. The van der Waals surface area contributed by atoms with Gasteiger partial charge in [-0.05, 0) is 41.6 Å². The molecule has 0 spiro atoms. The molecular weight excluding hydrogens is 344 g/mol. The van der Waals surface area contributed by atoms with Crippen molar-refractivity contribution < 1.29 is 4.74 Å². The summed E-state index contributed by atoms with van der Waals surface area (Å²) in [5.74, 6) is 1.47. The number of ether oxygens (including phenoxy) is 1. The lowest BCUT2D eigenvalue weighted by Crippen LogP contribution is -2.46. The van der Waals surface area contributed by atoms with E-state index in [4.69, 9.17) is 4.74 Å². The molecule has 0 N–H and O–H groups in total. The van der Waals surface area contributed by atoms with Gasteiger partial charge in [0, 0.05) is 44.6 Å². The van der Waals surface area contributed by atoms with Crippen LogP contribution in [-0.4, -0.2) is 62.3 Å². The summed E-state index contributed by atoms with van der Waals surface area (Å²) in [6.07, 6.45) is 1.43. The number of nitrogens with zero attached hydrogens (tertiary/aromatic N) is 2. The molecule has 1 fully saturated rings. The summed E-state index contributed by atoms with van der Waals surface area (Å²) >= 11 is 0. The molecule has 2 aromatic rings. The monoisotopic (exact) mass is 376 g/mol. The van der Waals surface area contributed by atoms with Gasteiger partial charge in [0.05, 0.1) is 12.7 Å². The van der Waals surface area contributed by atoms with E-state index in [9.17, 15) is 0 Å². The molecule has 6 rings (SSSR count). The lowest BCUT2D eigenvalue weighted by molar-refractivity contribution is -0.00211. The quantitative estimate of drug-likeness (QED) is 0.786. The first-order valence-electron chi connectivity index (χ1n) is 10.9. The lowest BCUT2D eigenvalue weighted by atomic mass is 9.62. The van der Waals surface area contributed by atoms with Gasteiger partial charge in [0.2, 0.25) is 0 Å². The second-order valence-corrected chi connectivity index (χ2v) is 9.10. The lowest BCUT2D eigenvalue weighted by Gasteiger charge is -2.45. The zero-order chi connectivity index (χ0) is 19.1. The molecule has 2 aromatic carbocycles. The van der Waals surface area contributed by atoms with Crippen LogP contribution < -0.4 is 0 Å². The number of hydrogen-bond acceptors (Lipinski definition) is 3. The number of hydrogen-bond donors (Lipinski definition) is 0. The fourth-order valence-electron chi connectivity index (χ4n) is 5.56. The van der Waals surface area contributed by atoms with E-state index in [-0.39, 0.29) is 0 Å². The summed E-state index contributed by atoms with van der Waals surface area (Å²) in [5.41, 5.74) is 6.04. The van der Waals surface area contributed by atoms with Crippen molar-refractivity contribution in [1.82, 2.24) is 9.80 Å². The van der Waals surface area contributed by atoms with Crippen LogP contribution in [0.1, 0.15) is 47.4 Å². The Balaban J connectivity index is 1.28. The van der Waals surface area contributed by atoms with Crippen LogP contribution >= 0.6 is 0 Å². The maximum Gasteiger partial charge on any atom is 0.0693 e. The van der Waals surface area contributed by atoms with Gasteiger partial charge in [0.25, 0.3) is 0 Å². The number of piperazine rings is 1. The van der Waals surface area contributed by atoms with E-state index in [1.54, 1.807) is 0 Å². The van der Waals surface area contributed by atoms with Crippen molar-refractivity contribution in [3.05, 3.63) is 70.8 Å². The van der Waals surface area contributed by atoms with Gasteiger partial charge in [-0.15, -0.1) is 0 Å². The Morgan fingerprint density at radius 1 is 0.893 bits per heavy atom. The minimum atomic E-state index is 0.310. The van der Waals surface area contributed by atoms with Crippen LogP contribution in [0.5, 0.6) is 0 Å². The minimum Gasteiger partial charge on any atom is -0.377 e. The molecule has 2 unspecified atom stereocenters. The van der Waals surface area contributed by atoms with Crippen molar-refractivity contribution in [1.29, 1.82) is 0 Å². The zero-order valence-electron chi connectivity index (χ0n) is 17.2. The van der Waals surface area contributed by atoms with Crippen LogP contribution in [0.15, 0.2) is 48.5 Å². The maximum atomic E-state index is 6.62. The van der Waals surface area contributed by atoms with E-state index in [0.29, 0.717) is 23.9 Å². The van der Waals surface area contributed by atoms with E-state index < -0.39 is 0 Å². The molecule has 3 nitrogen and oxygen atoms in total. The predicted octanol–water partition coefficient (Wildman–Crippen LogP) is 3.94. The van der Waals surface area contributed by atoms with Gasteiger partial charge in [0.15, 0.2) is 0 Å². The third-order valence-electron chi connectivity index (χ3n) is 7.01. The predicted molar refractivity (Wildman–Crippen MR) is 114 cm³/mol. The second-order valence-electron chi connectivity index (χ2n) is 9.10. The van der Waals surface area contributed by atoms with Gasteiger partial charge < -0.3 is 14.5 Å². The van der Waals surface area contributed by atoms with Crippen LogP contribution in [0.2, 0.25) is 0 Å². The molecule has 3 heteroatoms. The highest BCUT2D eigenvalue weighted by Gasteiger charge is 2.43. The third kappa shape index (κ3) is 3.30.